The molecule has 78 valence electrons. The van der Waals surface area contributed by atoms with Gasteiger partial charge in [-0.3, -0.25) is 0 Å². The average Bonchev–Trinajstić information content (AvgIpc) is 2.79. The quantitative estimate of drug-likeness (QED) is 0.804. The molecule has 15 heavy (non-hydrogen) atoms. The molecule has 0 aliphatic rings. The molecule has 4 heteroatoms. The molecule has 2 aromatic heterocycles. The highest BCUT2D eigenvalue weighted by Gasteiger charge is 2.00. The first kappa shape index (κ1) is 10.3. The van der Waals surface area contributed by atoms with E-state index in [2.05, 4.69) is 4.98 Å². The fraction of sp³-hybridized carbons (Fsp3) is 0.182. The number of hydrogen-bond donors (Lipinski definition) is 1. The zero-order chi connectivity index (χ0) is 10.5. The third-order valence-electron chi connectivity index (χ3n) is 1.98. The highest BCUT2D eigenvalue weighted by Crippen LogP contribution is 2.21. The van der Waals surface area contributed by atoms with Crippen LogP contribution in [0.25, 0.3) is 0 Å². The zero-order valence-electron chi connectivity index (χ0n) is 8.22. The largest absolute Gasteiger partial charge is 0.468 e. The molecule has 2 rings (SSSR count). The standard InChI is InChI=1S/C11H12N2OS/c12-7-9-3-4-13-11(6-9)15-8-10-2-1-5-14-10/h1-6H,7-8,12H2. The van der Waals surface area contributed by atoms with Gasteiger partial charge in [0.15, 0.2) is 0 Å². The van der Waals surface area contributed by atoms with Gasteiger partial charge in [0.25, 0.3) is 0 Å². The molecule has 0 aliphatic carbocycles. The first-order valence-corrected chi connectivity index (χ1v) is 5.67. The molecule has 0 spiro atoms. The van der Waals surface area contributed by atoms with Gasteiger partial charge in [-0.05, 0) is 29.8 Å². The number of pyridine rings is 1. The molecule has 0 bridgehead atoms. The number of rotatable bonds is 4. The van der Waals surface area contributed by atoms with Gasteiger partial charge in [0, 0.05) is 12.7 Å². The van der Waals surface area contributed by atoms with Gasteiger partial charge in [-0.15, -0.1) is 0 Å². The molecule has 2 heterocycles. The minimum absolute atomic E-state index is 0.552. The predicted octanol–water partition coefficient (Wildman–Crippen LogP) is 2.43. The average molecular weight is 220 g/mol. The normalized spacial score (nSPS) is 10.5. The summed E-state index contributed by atoms with van der Waals surface area (Å²) in [5, 5.41) is 0.981. The number of nitrogens with two attached hydrogens (primary N) is 1. The molecule has 3 nitrogen and oxygen atoms in total. The van der Waals surface area contributed by atoms with Gasteiger partial charge in [-0.25, -0.2) is 4.98 Å². The molecule has 0 amide bonds. The molecule has 2 N–H and O–H groups in total. The summed E-state index contributed by atoms with van der Waals surface area (Å²) >= 11 is 1.65. The molecule has 0 saturated heterocycles. The fourth-order valence-electron chi connectivity index (χ4n) is 1.20. The third-order valence-corrected chi connectivity index (χ3v) is 2.93. The summed E-state index contributed by atoms with van der Waals surface area (Å²) in [5.41, 5.74) is 6.66. The summed E-state index contributed by atoms with van der Waals surface area (Å²) < 4.78 is 5.24. The molecular weight excluding hydrogens is 208 g/mol. The lowest BCUT2D eigenvalue weighted by atomic mass is 10.3. The third kappa shape index (κ3) is 2.84. The zero-order valence-corrected chi connectivity index (χ0v) is 9.04. The molecule has 0 aliphatic heterocycles. The van der Waals surface area contributed by atoms with E-state index in [0.717, 1.165) is 22.1 Å². The first-order chi connectivity index (χ1) is 7.38. The van der Waals surface area contributed by atoms with Crippen LogP contribution >= 0.6 is 11.8 Å². The van der Waals surface area contributed by atoms with Crippen molar-refractivity contribution in [2.24, 2.45) is 5.73 Å². The van der Waals surface area contributed by atoms with Crippen LogP contribution in [0, 0.1) is 0 Å². The number of hydrogen-bond acceptors (Lipinski definition) is 4. The monoisotopic (exact) mass is 220 g/mol. The van der Waals surface area contributed by atoms with Crippen LogP contribution in [-0.2, 0) is 12.3 Å². The lowest BCUT2D eigenvalue weighted by Gasteiger charge is -2.00. The van der Waals surface area contributed by atoms with E-state index in [1.54, 1.807) is 24.2 Å². The Bertz CT molecular complexity index is 414. The lowest BCUT2D eigenvalue weighted by Crippen LogP contribution is -1.96. The highest BCUT2D eigenvalue weighted by molar-refractivity contribution is 7.98. The van der Waals surface area contributed by atoms with Gasteiger partial charge >= 0.3 is 0 Å². The molecular formula is C11H12N2OS. The van der Waals surface area contributed by atoms with E-state index >= 15 is 0 Å². The van der Waals surface area contributed by atoms with Crippen LogP contribution in [0.15, 0.2) is 46.2 Å². The van der Waals surface area contributed by atoms with Gasteiger partial charge in [0.2, 0.25) is 0 Å². The van der Waals surface area contributed by atoms with Crippen LogP contribution in [0.5, 0.6) is 0 Å². The Morgan fingerprint density at radius 2 is 2.33 bits per heavy atom. The van der Waals surface area contributed by atoms with Crippen molar-refractivity contribution in [1.82, 2.24) is 4.98 Å². The lowest BCUT2D eigenvalue weighted by molar-refractivity contribution is 0.530. The van der Waals surface area contributed by atoms with Crippen LogP contribution < -0.4 is 5.73 Å². The summed E-state index contributed by atoms with van der Waals surface area (Å²) in [6, 6.07) is 7.78. The van der Waals surface area contributed by atoms with E-state index in [9.17, 15) is 0 Å². The first-order valence-electron chi connectivity index (χ1n) is 4.68. The van der Waals surface area contributed by atoms with E-state index in [-0.39, 0.29) is 0 Å². The number of nitrogens with zero attached hydrogens (tertiary/aromatic N) is 1. The minimum atomic E-state index is 0.552. The van der Waals surface area contributed by atoms with Crippen molar-refractivity contribution >= 4 is 11.8 Å². The molecule has 0 atom stereocenters. The van der Waals surface area contributed by atoms with Crippen LogP contribution in [0.3, 0.4) is 0 Å². The van der Waals surface area contributed by atoms with Gasteiger partial charge in [-0.1, -0.05) is 11.8 Å². The van der Waals surface area contributed by atoms with Crippen molar-refractivity contribution in [3.05, 3.63) is 48.0 Å². The second-order valence-corrected chi connectivity index (χ2v) is 4.07. The van der Waals surface area contributed by atoms with Crippen molar-refractivity contribution in [3.8, 4) is 0 Å². The van der Waals surface area contributed by atoms with Crippen LogP contribution in [0.2, 0.25) is 0 Å². The topological polar surface area (TPSA) is 52.0 Å². The van der Waals surface area contributed by atoms with Crippen LogP contribution in [0.1, 0.15) is 11.3 Å². The number of thioether (sulfide) groups is 1. The fourth-order valence-corrected chi connectivity index (χ4v) is 2.02. The number of furan rings is 1. The second kappa shape index (κ2) is 5.00. The Morgan fingerprint density at radius 1 is 1.40 bits per heavy atom. The molecule has 2 aromatic rings. The number of aromatic nitrogens is 1. The van der Waals surface area contributed by atoms with Crippen molar-refractivity contribution in [2.75, 3.05) is 0 Å². The smallest absolute Gasteiger partial charge is 0.114 e. The molecule has 0 unspecified atom stereocenters. The summed E-state index contributed by atoms with van der Waals surface area (Å²) in [7, 11) is 0. The highest BCUT2D eigenvalue weighted by atomic mass is 32.2. The maximum atomic E-state index is 5.55. The summed E-state index contributed by atoms with van der Waals surface area (Å²) in [6.07, 6.45) is 3.46. The van der Waals surface area contributed by atoms with Crippen molar-refractivity contribution in [2.45, 2.75) is 17.3 Å². The molecule has 0 aromatic carbocycles. The maximum absolute atomic E-state index is 5.55. The van der Waals surface area contributed by atoms with E-state index in [1.807, 2.05) is 24.3 Å². The molecule has 0 radical (unpaired) electrons. The molecule has 0 fully saturated rings. The second-order valence-electron chi connectivity index (χ2n) is 3.07. The van der Waals surface area contributed by atoms with Gasteiger partial charge in [-0.2, -0.15) is 0 Å². The minimum Gasteiger partial charge on any atom is -0.468 e. The van der Waals surface area contributed by atoms with Crippen LogP contribution in [0.4, 0.5) is 0 Å². The Hall–Kier alpha value is -1.26. The van der Waals surface area contributed by atoms with Gasteiger partial charge < -0.3 is 10.2 Å². The molecule has 0 saturated carbocycles. The van der Waals surface area contributed by atoms with Gasteiger partial charge in [0.05, 0.1) is 17.0 Å². The Morgan fingerprint density at radius 3 is 3.07 bits per heavy atom. The summed E-state index contributed by atoms with van der Waals surface area (Å²) in [5.74, 6) is 1.76. The van der Waals surface area contributed by atoms with Crippen molar-refractivity contribution in [3.63, 3.8) is 0 Å². The van der Waals surface area contributed by atoms with E-state index in [0.29, 0.717) is 6.54 Å². The van der Waals surface area contributed by atoms with E-state index in [1.165, 1.54) is 0 Å². The van der Waals surface area contributed by atoms with E-state index in [4.69, 9.17) is 10.2 Å². The van der Waals surface area contributed by atoms with Crippen molar-refractivity contribution < 1.29 is 4.42 Å². The van der Waals surface area contributed by atoms with E-state index < -0.39 is 0 Å². The summed E-state index contributed by atoms with van der Waals surface area (Å²) in [4.78, 5) is 4.25. The van der Waals surface area contributed by atoms with Gasteiger partial charge in [0.1, 0.15) is 5.76 Å². The summed E-state index contributed by atoms with van der Waals surface area (Å²) in [6.45, 7) is 0.552. The Kier molecular flexibility index (Phi) is 3.42. The van der Waals surface area contributed by atoms with Crippen LogP contribution in [-0.4, -0.2) is 4.98 Å². The predicted molar refractivity (Wildman–Crippen MR) is 60.4 cm³/mol. The Balaban J connectivity index is 1.98. The maximum Gasteiger partial charge on any atom is 0.114 e. The Labute approximate surface area is 92.7 Å². The SMILES string of the molecule is NCc1ccnc(SCc2ccco2)c1. The van der Waals surface area contributed by atoms with Crippen molar-refractivity contribution in [1.29, 1.82) is 0 Å².